The van der Waals surface area contributed by atoms with Crippen LogP contribution in [0.4, 0.5) is 33.1 Å². The van der Waals surface area contributed by atoms with Crippen LogP contribution in [0.1, 0.15) is 101 Å². The zero-order valence-electron chi connectivity index (χ0n) is 45.7. The van der Waals surface area contributed by atoms with Crippen LogP contribution in [0.5, 0.6) is 23.0 Å². The number of nitrogens with one attached hydrogen (secondary N) is 6. The number of nitrogens with zero attached hydrogens (tertiary/aromatic N) is 6. The van der Waals surface area contributed by atoms with Crippen LogP contribution < -0.4 is 56.6 Å². The number of amides is 4. The molecule has 0 aliphatic heterocycles. The summed E-state index contributed by atoms with van der Waals surface area (Å²) >= 11 is 0. The molecular weight excluding hydrogens is 959 g/mol. The average molecular weight is 1030 g/mol. The molecule has 0 spiro atoms. The van der Waals surface area contributed by atoms with Gasteiger partial charge in [-0.1, -0.05) is 6.42 Å². The molecule has 6 aromatic rings. The molecule has 0 saturated heterocycles. The first-order valence-electron chi connectivity index (χ1n) is 24.9. The Morgan fingerprint density at radius 2 is 0.920 bits per heavy atom. The van der Waals surface area contributed by atoms with Gasteiger partial charge in [0.2, 0.25) is 11.9 Å². The van der Waals surface area contributed by atoms with Crippen LogP contribution in [0.25, 0.3) is 44.3 Å². The van der Waals surface area contributed by atoms with Gasteiger partial charge in [-0.25, -0.2) is 29.5 Å². The summed E-state index contributed by atoms with van der Waals surface area (Å²) in [6.07, 6.45) is 8.09. The van der Waals surface area contributed by atoms with E-state index in [1.165, 1.54) is 0 Å². The van der Waals surface area contributed by atoms with E-state index in [4.69, 9.17) is 34.4 Å². The van der Waals surface area contributed by atoms with E-state index in [0.717, 1.165) is 48.6 Å². The van der Waals surface area contributed by atoms with Gasteiger partial charge in [-0.2, -0.15) is 9.97 Å². The van der Waals surface area contributed by atoms with Crippen molar-refractivity contribution in [1.82, 2.24) is 40.5 Å². The Morgan fingerprint density at radius 1 is 0.520 bits per heavy atom. The minimum absolute atomic E-state index is 0.179. The second-order valence-corrected chi connectivity index (χ2v) is 20.6. The van der Waals surface area contributed by atoms with Crippen LogP contribution in [0.2, 0.25) is 0 Å². The van der Waals surface area contributed by atoms with Crippen molar-refractivity contribution in [1.29, 1.82) is 0 Å². The Labute approximate surface area is 439 Å². The molecule has 2 aromatic carbocycles. The number of hydrogen-bond acceptors (Lipinski definition) is 17. The van der Waals surface area contributed by atoms with E-state index < -0.39 is 16.7 Å². The lowest BCUT2D eigenvalue weighted by Crippen LogP contribution is -2.43. The van der Waals surface area contributed by atoms with Gasteiger partial charge in [0.25, 0.3) is 0 Å². The van der Waals surface area contributed by atoms with Crippen LogP contribution in [0.3, 0.4) is 0 Å². The summed E-state index contributed by atoms with van der Waals surface area (Å²) in [5.41, 5.74) is 7.97. The Hall–Kier alpha value is -7.81. The molecule has 404 valence electrons. The maximum absolute atomic E-state index is 12.8. The van der Waals surface area contributed by atoms with Crippen LogP contribution >= 0.6 is 0 Å². The van der Waals surface area contributed by atoms with E-state index in [-0.39, 0.29) is 18.0 Å². The monoisotopic (exact) mass is 1030 g/mol. The Balaban J connectivity index is 0.000000282. The first kappa shape index (κ1) is 58.1. The molecule has 0 atom stereocenters. The number of unbranched alkanes of at least 4 members (excludes halogenated alkanes) is 3. The summed E-state index contributed by atoms with van der Waals surface area (Å²) in [5.74, 6) is 3.86. The molecule has 21 nitrogen and oxygen atoms in total. The van der Waals surface area contributed by atoms with Gasteiger partial charge >= 0.3 is 18.0 Å². The lowest BCUT2D eigenvalue weighted by molar-refractivity contribution is -0.154. The number of hydrogen-bond donors (Lipinski definition) is 7. The number of methoxy groups -OCH3 is 4. The third-order valence-corrected chi connectivity index (χ3v) is 10.6. The molecule has 4 heterocycles. The highest BCUT2D eigenvalue weighted by Gasteiger charge is 2.21. The number of carbonyl (C=O) groups excluding carboxylic acids is 3. The number of aromatic nitrogens is 6. The predicted molar refractivity (Wildman–Crippen MR) is 295 cm³/mol. The summed E-state index contributed by atoms with van der Waals surface area (Å²) in [6, 6.07) is 14.0. The summed E-state index contributed by atoms with van der Waals surface area (Å²) in [7, 11) is 6.33. The number of rotatable bonds is 20. The van der Waals surface area contributed by atoms with Crippen molar-refractivity contribution in [2.45, 2.75) is 118 Å². The number of esters is 1. The molecule has 0 saturated carbocycles. The molecule has 6 rings (SSSR count). The second kappa shape index (κ2) is 26.4. The second-order valence-electron chi connectivity index (χ2n) is 20.6. The Kier molecular flexibility index (Phi) is 20.5. The summed E-state index contributed by atoms with van der Waals surface area (Å²) < 4.78 is 27.1. The number of nitrogens with two attached hydrogens (primary N) is 1. The fourth-order valence-corrected chi connectivity index (χ4v) is 7.25. The number of ether oxygens (including phenoxy) is 5. The minimum Gasteiger partial charge on any atom is -0.497 e. The SMILES string of the molecule is COc1cc(OC)cc(-c2cc3cnc(NCCCCCC(=O)OC(C)(C)C)nc3nc2NC(=O)NC(C)(C)C)c1.COc1cc(OC)cc(-c2cc3cnc(NCCCCN)nc3nc2NC(=O)NC(C)(C)C)c1. The van der Waals surface area contributed by atoms with Gasteiger partial charge in [-0.15, -0.1) is 0 Å². The molecule has 0 fully saturated rings. The Morgan fingerprint density at radius 3 is 1.28 bits per heavy atom. The van der Waals surface area contributed by atoms with E-state index in [2.05, 4.69) is 56.8 Å². The average Bonchev–Trinajstić information content (AvgIpc) is 3.33. The van der Waals surface area contributed by atoms with Gasteiger partial charge < -0.3 is 50.7 Å². The molecule has 0 aliphatic carbocycles. The van der Waals surface area contributed by atoms with Crippen LogP contribution in [-0.2, 0) is 9.53 Å². The first-order valence-corrected chi connectivity index (χ1v) is 24.9. The maximum atomic E-state index is 12.8. The molecule has 8 N–H and O–H groups in total. The molecule has 0 radical (unpaired) electrons. The van der Waals surface area contributed by atoms with E-state index in [1.54, 1.807) is 53.0 Å². The summed E-state index contributed by atoms with van der Waals surface area (Å²) in [4.78, 5) is 64.7. The van der Waals surface area contributed by atoms with Crippen molar-refractivity contribution >= 4 is 63.6 Å². The highest BCUT2D eigenvalue weighted by Crippen LogP contribution is 2.37. The third kappa shape index (κ3) is 18.9. The summed E-state index contributed by atoms with van der Waals surface area (Å²) in [6.45, 7) is 19.0. The number of anilines is 4. The molecule has 21 heteroatoms. The van der Waals surface area contributed by atoms with E-state index in [0.29, 0.717) is 100 Å². The van der Waals surface area contributed by atoms with Crippen molar-refractivity contribution < 1.29 is 38.1 Å². The van der Waals surface area contributed by atoms with Gasteiger partial charge in [0, 0.05) is 77.0 Å². The van der Waals surface area contributed by atoms with E-state index >= 15 is 0 Å². The molecule has 0 unspecified atom stereocenters. The van der Waals surface area contributed by atoms with Gasteiger partial charge in [0.05, 0.1) is 28.4 Å². The quantitative estimate of drug-likeness (QED) is 0.0277. The van der Waals surface area contributed by atoms with Crippen LogP contribution in [0.15, 0.2) is 60.9 Å². The van der Waals surface area contributed by atoms with Gasteiger partial charge in [-0.05, 0) is 142 Å². The van der Waals surface area contributed by atoms with Crippen molar-refractivity contribution in [3.8, 4) is 45.3 Å². The smallest absolute Gasteiger partial charge is 0.320 e. The van der Waals surface area contributed by atoms with Gasteiger partial charge in [-0.3, -0.25) is 15.4 Å². The summed E-state index contributed by atoms with van der Waals surface area (Å²) in [5, 5.41) is 19.4. The fourth-order valence-electron chi connectivity index (χ4n) is 7.25. The van der Waals surface area contributed by atoms with Gasteiger partial charge in [0.15, 0.2) is 11.3 Å². The van der Waals surface area contributed by atoms with E-state index in [9.17, 15) is 14.4 Å². The zero-order chi connectivity index (χ0) is 54.9. The standard InChI is InChI=1S/C30H42N6O5.C24H33N7O3/c1-29(2,3)36-28(38)35-26-23(19-14-21(39-7)17-22(15-19)40-8)16-20-18-32-27(34-25(20)33-26)31-13-11-9-10-12-24(37)41-30(4,5)6;1-24(2,3)31-23(32)30-21-19(15-10-17(33-4)13-18(11-15)34-5)12-16-14-27-22(29-20(16)28-21)26-9-7-6-8-25/h14-18H,9-13H2,1-8H3,(H3,31,32,33,34,35,36,38);10-14H,6-9,25H2,1-5H3,(H3,26,27,28,29,30,31,32). The number of pyridine rings is 2. The third-order valence-electron chi connectivity index (χ3n) is 10.6. The fraction of sp³-hybridized carbons (Fsp3) is 0.463. The number of urea groups is 2. The molecule has 75 heavy (non-hydrogen) atoms. The Bertz CT molecular complexity index is 2850. The van der Waals surface area contributed by atoms with E-state index in [1.807, 2.05) is 98.7 Å². The van der Waals surface area contributed by atoms with Crippen LogP contribution in [0, 0.1) is 0 Å². The highest BCUT2D eigenvalue weighted by atomic mass is 16.6. The molecule has 0 aliphatic rings. The number of carbonyl (C=O) groups is 3. The van der Waals surface area contributed by atoms with Crippen LogP contribution in [-0.4, -0.2) is 113 Å². The largest absolute Gasteiger partial charge is 0.497 e. The molecule has 4 aromatic heterocycles. The minimum atomic E-state index is -0.465. The van der Waals surface area contributed by atoms with Crippen molar-refractivity contribution in [3.05, 3.63) is 60.9 Å². The van der Waals surface area contributed by atoms with Crippen molar-refractivity contribution in [2.75, 3.05) is 69.3 Å². The lowest BCUT2D eigenvalue weighted by Gasteiger charge is -2.21. The topological polar surface area (TPSA) is 273 Å². The molecular formula is C54H75N13O8. The lowest BCUT2D eigenvalue weighted by atomic mass is 10.0. The zero-order valence-corrected chi connectivity index (χ0v) is 45.7. The van der Waals surface area contributed by atoms with Crippen molar-refractivity contribution in [2.24, 2.45) is 5.73 Å². The highest BCUT2D eigenvalue weighted by molar-refractivity contribution is 5.98. The predicted octanol–water partition coefficient (Wildman–Crippen LogP) is 9.72. The maximum Gasteiger partial charge on any atom is 0.320 e. The number of benzene rings is 2. The first-order chi connectivity index (χ1) is 35.5. The molecule has 0 bridgehead atoms. The molecule has 4 amide bonds. The normalized spacial score (nSPS) is 11.4. The van der Waals surface area contributed by atoms with Crippen molar-refractivity contribution in [3.63, 3.8) is 0 Å². The van der Waals surface area contributed by atoms with Gasteiger partial charge in [0.1, 0.15) is 40.2 Å². The number of fused-ring (bicyclic) bond motifs is 2.